The number of unbranched alkanes of at least 4 members (excludes halogenated alkanes) is 14. The van der Waals surface area contributed by atoms with Crippen molar-refractivity contribution in [1.29, 1.82) is 0 Å². The molecule has 0 amide bonds. The van der Waals surface area contributed by atoms with Crippen LogP contribution in [0.4, 0.5) is 0 Å². The number of hydrogen-bond donors (Lipinski definition) is 0. The first-order valence-corrected chi connectivity index (χ1v) is 22.1. The topological polar surface area (TPSA) is 78.9 Å². The van der Waals surface area contributed by atoms with Gasteiger partial charge in [-0.25, -0.2) is 0 Å². The van der Waals surface area contributed by atoms with E-state index in [0.29, 0.717) is 19.3 Å². The molecule has 0 saturated heterocycles. The minimum Gasteiger partial charge on any atom is -0.462 e. The van der Waals surface area contributed by atoms with Crippen LogP contribution < -0.4 is 0 Å². The summed E-state index contributed by atoms with van der Waals surface area (Å²) in [4.78, 5) is 37.7. The zero-order valence-corrected chi connectivity index (χ0v) is 35.4. The number of ether oxygens (including phenoxy) is 3. The molecule has 0 aliphatic heterocycles. The summed E-state index contributed by atoms with van der Waals surface area (Å²) >= 11 is 0. The fourth-order valence-electron chi connectivity index (χ4n) is 5.59. The van der Waals surface area contributed by atoms with Crippen LogP contribution in [0.3, 0.4) is 0 Å². The molecule has 0 heterocycles. The molecular weight excluding hydrogens is 685 g/mol. The van der Waals surface area contributed by atoms with Crippen LogP contribution in [0.15, 0.2) is 85.1 Å². The lowest BCUT2D eigenvalue weighted by molar-refractivity contribution is -0.167. The highest BCUT2D eigenvalue weighted by Gasteiger charge is 2.19. The van der Waals surface area contributed by atoms with Crippen LogP contribution >= 0.6 is 0 Å². The Labute approximate surface area is 337 Å². The molecule has 0 aliphatic rings. The summed E-state index contributed by atoms with van der Waals surface area (Å²) < 4.78 is 16.6. The van der Waals surface area contributed by atoms with Gasteiger partial charge in [0.1, 0.15) is 13.2 Å². The number of allylic oxidation sites excluding steroid dienone is 14. The Morgan fingerprint density at radius 2 is 0.764 bits per heavy atom. The van der Waals surface area contributed by atoms with Gasteiger partial charge in [0, 0.05) is 19.3 Å². The first-order chi connectivity index (χ1) is 27.0. The highest BCUT2D eigenvalue weighted by Crippen LogP contribution is 2.12. The molecule has 0 spiro atoms. The van der Waals surface area contributed by atoms with E-state index in [1.807, 2.05) is 0 Å². The van der Waals surface area contributed by atoms with Crippen LogP contribution in [-0.4, -0.2) is 37.2 Å². The summed E-state index contributed by atoms with van der Waals surface area (Å²) in [6, 6.07) is 0. The predicted octanol–water partition coefficient (Wildman–Crippen LogP) is 14.1. The minimum atomic E-state index is -0.802. The maximum absolute atomic E-state index is 12.7. The van der Waals surface area contributed by atoms with Gasteiger partial charge in [0.25, 0.3) is 0 Å². The van der Waals surface area contributed by atoms with Crippen LogP contribution in [0.5, 0.6) is 0 Å². The van der Waals surface area contributed by atoms with Crippen molar-refractivity contribution in [3.8, 4) is 0 Å². The van der Waals surface area contributed by atoms with Gasteiger partial charge in [0.2, 0.25) is 0 Å². The maximum Gasteiger partial charge on any atom is 0.306 e. The summed E-state index contributed by atoms with van der Waals surface area (Å²) in [6.45, 7) is 6.27. The SMILES string of the molecule is CC/C=C\C/C=C\C/C=C\CCCCCCC(=O)OCC(COC(=O)CCCCC/C=C\C=C/CCCC)OC(=O)CCCCCCC/C=C\C/C=C\CC. The average molecular weight is 765 g/mol. The van der Waals surface area contributed by atoms with Crippen molar-refractivity contribution in [3.63, 3.8) is 0 Å². The van der Waals surface area contributed by atoms with Crippen LogP contribution in [0.1, 0.15) is 188 Å². The van der Waals surface area contributed by atoms with Crippen molar-refractivity contribution in [2.75, 3.05) is 13.2 Å². The molecule has 0 aromatic heterocycles. The lowest BCUT2D eigenvalue weighted by Gasteiger charge is -2.18. The summed E-state index contributed by atoms with van der Waals surface area (Å²) in [5.74, 6) is -0.978. The summed E-state index contributed by atoms with van der Waals surface area (Å²) in [7, 11) is 0. The van der Waals surface area contributed by atoms with Gasteiger partial charge in [0.15, 0.2) is 6.10 Å². The molecular formula is C49H80O6. The first-order valence-electron chi connectivity index (χ1n) is 22.1. The third kappa shape index (κ3) is 41.6. The van der Waals surface area contributed by atoms with Crippen LogP contribution in [-0.2, 0) is 28.6 Å². The number of carbonyl (C=O) groups is 3. The molecule has 312 valence electrons. The highest BCUT2D eigenvalue weighted by molar-refractivity contribution is 5.71. The van der Waals surface area contributed by atoms with E-state index in [9.17, 15) is 14.4 Å². The van der Waals surface area contributed by atoms with E-state index < -0.39 is 6.10 Å². The van der Waals surface area contributed by atoms with E-state index in [4.69, 9.17) is 14.2 Å². The molecule has 6 heteroatoms. The summed E-state index contributed by atoms with van der Waals surface area (Å²) in [5.41, 5.74) is 0. The molecule has 0 aromatic rings. The first kappa shape index (κ1) is 51.6. The summed E-state index contributed by atoms with van der Waals surface area (Å²) in [6.07, 6.45) is 54.2. The summed E-state index contributed by atoms with van der Waals surface area (Å²) in [5, 5.41) is 0. The highest BCUT2D eigenvalue weighted by atomic mass is 16.6. The third-order valence-corrected chi connectivity index (χ3v) is 8.89. The van der Waals surface area contributed by atoms with Crippen molar-refractivity contribution in [2.45, 2.75) is 194 Å². The molecule has 0 aliphatic carbocycles. The minimum absolute atomic E-state index is 0.104. The molecule has 0 aromatic carbocycles. The van der Waals surface area contributed by atoms with Gasteiger partial charge in [-0.3, -0.25) is 14.4 Å². The molecule has 0 N–H and O–H groups in total. The fraction of sp³-hybridized carbons (Fsp3) is 0.653. The third-order valence-electron chi connectivity index (χ3n) is 8.89. The van der Waals surface area contributed by atoms with Crippen molar-refractivity contribution >= 4 is 17.9 Å². The second-order valence-electron chi connectivity index (χ2n) is 14.2. The van der Waals surface area contributed by atoms with E-state index in [-0.39, 0.29) is 31.1 Å². The molecule has 0 radical (unpaired) electrons. The average Bonchev–Trinajstić information content (AvgIpc) is 3.18. The van der Waals surface area contributed by atoms with E-state index in [2.05, 4.69) is 106 Å². The second-order valence-corrected chi connectivity index (χ2v) is 14.2. The molecule has 0 fully saturated rings. The molecule has 55 heavy (non-hydrogen) atoms. The van der Waals surface area contributed by atoms with Gasteiger partial charge in [-0.05, 0) is 96.3 Å². The van der Waals surface area contributed by atoms with Gasteiger partial charge in [-0.1, -0.05) is 157 Å². The van der Waals surface area contributed by atoms with Crippen molar-refractivity contribution in [2.24, 2.45) is 0 Å². The predicted molar refractivity (Wildman–Crippen MR) is 233 cm³/mol. The molecule has 1 unspecified atom stereocenters. The zero-order chi connectivity index (χ0) is 40.1. The van der Waals surface area contributed by atoms with Gasteiger partial charge >= 0.3 is 17.9 Å². The Bertz CT molecular complexity index is 1110. The molecule has 0 saturated carbocycles. The standard InChI is InChI=1S/C49H80O6/c1-4-7-10-13-16-19-22-24-25-28-30-33-36-39-42-48(51)54-45-46(44-53-47(50)41-38-35-32-29-26-21-18-15-12-9-6-3)55-49(52)43-40-37-34-31-27-23-20-17-14-11-8-5-2/h7-8,10-11,15-21,24-26,46H,4-6,9,12-14,22-23,27-45H2,1-3H3/b10-7-,11-8-,18-15-,19-16-,20-17-,25-24-,26-21-. The van der Waals surface area contributed by atoms with Crippen molar-refractivity contribution in [3.05, 3.63) is 85.1 Å². The van der Waals surface area contributed by atoms with Crippen molar-refractivity contribution < 1.29 is 28.6 Å². The van der Waals surface area contributed by atoms with Gasteiger partial charge in [0.05, 0.1) is 0 Å². The van der Waals surface area contributed by atoms with Gasteiger partial charge < -0.3 is 14.2 Å². The number of hydrogen-bond acceptors (Lipinski definition) is 6. The lowest BCUT2D eigenvalue weighted by atomic mass is 10.1. The largest absolute Gasteiger partial charge is 0.462 e. The second kappa shape index (κ2) is 43.3. The normalized spacial score (nSPS) is 12.9. The Morgan fingerprint density at radius 3 is 1.24 bits per heavy atom. The van der Waals surface area contributed by atoms with E-state index >= 15 is 0 Å². The van der Waals surface area contributed by atoms with E-state index in [0.717, 1.165) is 135 Å². The Kier molecular flexibility index (Phi) is 40.6. The lowest BCUT2D eigenvalue weighted by Crippen LogP contribution is -2.30. The van der Waals surface area contributed by atoms with Crippen LogP contribution in [0, 0.1) is 0 Å². The Balaban J connectivity index is 4.49. The Hall–Kier alpha value is -3.41. The van der Waals surface area contributed by atoms with Gasteiger partial charge in [-0.2, -0.15) is 0 Å². The smallest absolute Gasteiger partial charge is 0.306 e. The van der Waals surface area contributed by atoms with Crippen LogP contribution in [0.2, 0.25) is 0 Å². The molecule has 1 atom stereocenters. The van der Waals surface area contributed by atoms with Crippen LogP contribution in [0.25, 0.3) is 0 Å². The molecule has 0 bridgehead atoms. The fourth-order valence-corrected chi connectivity index (χ4v) is 5.59. The monoisotopic (exact) mass is 765 g/mol. The molecule has 0 rings (SSSR count). The zero-order valence-electron chi connectivity index (χ0n) is 35.4. The maximum atomic E-state index is 12.7. The number of carbonyl (C=O) groups excluding carboxylic acids is 3. The van der Waals surface area contributed by atoms with Gasteiger partial charge in [-0.15, -0.1) is 0 Å². The molecule has 6 nitrogen and oxygen atoms in total. The van der Waals surface area contributed by atoms with E-state index in [1.165, 1.54) is 12.8 Å². The quantitative estimate of drug-likeness (QED) is 0.0205. The number of rotatable bonds is 38. The van der Waals surface area contributed by atoms with E-state index in [1.54, 1.807) is 0 Å². The Morgan fingerprint density at radius 1 is 0.400 bits per heavy atom. The van der Waals surface area contributed by atoms with Crippen molar-refractivity contribution in [1.82, 2.24) is 0 Å². The number of esters is 3.